The average molecular weight is 466 g/mol. The Morgan fingerprint density at radius 3 is 2.73 bits per heavy atom. The number of thiophene rings is 1. The Morgan fingerprint density at radius 2 is 2.03 bits per heavy atom. The van der Waals surface area contributed by atoms with Crippen LogP contribution in [0.2, 0.25) is 0 Å². The molecule has 1 atom stereocenters. The minimum absolute atomic E-state index is 0.343. The maximum absolute atomic E-state index is 12.8. The number of hydrogen-bond donors (Lipinski definition) is 1. The van der Waals surface area contributed by atoms with E-state index >= 15 is 0 Å². The van der Waals surface area contributed by atoms with E-state index in [4.69, 9.17) is 9.15 Å². The number of hydrogen-bond acceptors (Lipinski definition) is 7. The molecule has 9 heteroatoms. The Labute approximate surface area is 194 Å². The monoisotopic (exact) mass is 465 g/mol. The molecule has 1 aliphatic rings. The van der Waals surface area contributed by atoms with E-state index in [2.05, 4.69) is 10.4 Å². The van der Waals surface area contributed by atoms with Crippen molar-refractivity contribution in [3.63, 3.8) is 0 Å². The number of carbonyl (C=O) groups excluding carboxylic acids is 3. The molecule has 0 spiro atoms. The standard InChI is InChI=1S/C24H23N3O5S/c1-15-7-8-17(11-16(15)2)24(30)25-13-23(29)32-14-22(28)27-19(20-5-3-9-31-20)12-18(26-27)21-6-4-10-33-21/h3-11,19H,12-14H2,1-2H3,(H,25,30). The molecule has 0 fully saturated rings. The van der Waals surface area contributed by atoms with E-state index in [0.29, 0.717) is 17.7 Å². The second-order valence-corrected chi connectivity index (χ2v) is 8.59. The number of carbonyl (C=O) groups is 3. The summed E-state index contributed by atoms with van der Waals surface area (Å²) in [6, 6.07) is 12.3. The third kappa shape index (κ3) is 5.20. The van der Waals surface area contributed by atoms with Crippen molar-refractivity contribution in [1.82, 2.24) is 10.3 Å². The maximum Gasteiger partial charge on any atom is 0.325 e. The van der Waals surface area contributed by atoms with Crippen LogP contribution in [0.1, 0.15) is 44.6 Å². The first-order chi connectivity index (χ1) is 15.9. The van der Waals surface area contributed by atoms with Crippen LogP contribution in [-0.4, -0.2) is 41.7 Å². The highest BCUT2D eigenvalue weighted by atomic mass is 32.1. The normalized spacial score (nSPS) is 15.3. The van der Waals surface area contributed by atoms with Crippen molar-refractivity contribution in [3.05, 3.63) is 81.4 Å². The second kappa shape index (κ2) is 9.83. The van der Waals surface area contributed by atoms with Gasteiger partial charge < -0.3 is 14.5 Å². The van der Waals surface area contributed by atoms with Gasteiger partial charge in [-0.2, -0.15) is 5.10 Å². The predicted octanol–water partition coefficient (Wildman–Crippen LogP) is 3.61. The molecule has 0 bridgehead atoms. The summed E-state index contributed by atoms with van der Waals surface area (Å²) < 4.78 is 10.6. The molecule has 0 saturated heterocycles. The molecule has 2 aromatic heterocycles. The molecule has 170 valence electrons. The Morgan fingerprint density at radius 1 is 1.18 bits per heavy atom. The van der Waals surface area contributed by atoms with Gasteiger partial charge in [0.1, 0.15) is 18.3 Å². The van der Waals surface area contributed by atoms with Crippen LogP contribution in [0.15, 0.2) is 63.6 Å². The molecule has 33 heavy (non-hydrogen) atoms. The quantitative estimate of drug-likeness (QED) is 0.537. The van der Waals surface area contributed by atoms with Gasteiger partial charge in [0.2, 0.25) is 0 Å². The summed E-state index contributed by atoms with van der Waals surface area (Å²) in [4.78, 5) is 38.2. The van der Waals surface area contributed by atoms with Gasteiger partial charge in [-0.1, -0.05) is 12.1 Å². The largest absolute Gasteiger partial charge is 0.467 e. The molecule has 0 aliphatic carbocycles. The van der Waals surface area contributed by atoms with Gasteiger partial charge in [0.15, 0.2) is 6.61 Å². The Balaban J connectivity index is 1.34. The van der Waals surface area contributed by atoms with Crippen molar-refractivity contribution in [2.75, 3.05) is 13.2 Å². The van der Waals surface area contributed by atoms with Gasteiger partial charge in [0.05, 0.1) is 16.9 Å². The summed E-state index contributed by atoms with van der Waals surface area (Å²) in [6.45, 7) is 3.03. The maximum atomic E-state index is 12.8. The van der Waals surface area contributed by atoms with Crippen LogP contribution in [0.5, 0.6) is 0 Å². The van der Waals surface area contributed by atoms with E-state index in [0.717, 1.165) is 21.7 Å². The highest BCUT2D eigenvalue weighted by Crippen LogP contribution is 2.34. The van der Waals surface area contributed by atoms with E-state index in [1.54, 1.807) is 30.5 Å². The first kappa shape index (κ1) is 22.5. The number of hydrazone groups is 1. The lowest BCUT2D eigenvalue weighted by Gasteiger charge is -2.19. The topological polar surface area (TPSA) is 101 Å². The van der Waals surface area contributed by atoms with Crippen LogP contribution in [0, 0.1) is 13.8 Å². The van der Waals surface area contributed by atoms with E-state index in [1.807, 2.05) is 37.4 Å². The molecule has 1 unspecified atom stereocenters. The summed E-state index contributed by atoms with van der Waals surface area (Å²) in [5, 5.41) is 10.2. The van der Waals surface area contributed by atoms with Gasteiger partial charge in [0.25, 0.3) is 11.8 Å². The zero-order chi connectivity index (χ0) is 23.4. The number of nitrogens with one attached hydrogen (secondary N) is 1. The van der Waals surface area contributed by atoms with Crippen LogP contribution >= 0.6 is 11.3 Å². The lowest BCUT2D eigenvalue weighted by Crippen LogP contribution is -2.34. The number of amides is 2. The Bertz CT molecular complexity index is 1180. The van der Waals surface area contributed by atoms with Crippen LogP contribution in [0.3, 0.4) is 0 Å². The third-order valence-corrected chi connectivity index (χ3v) is 6.28. The molecule has 1 N–H and O–H groups in total. The van der Waals surface area contributed by atoms with Crippen molar-refractivity contribution < 1.29 is 23.5 Å². The fourth-order valence-electron chi connectivity index (χ4n) is 3.43. The molecular weight excluding hydrogens is 442 g/mol. The number of nitrogens with zero attached hydrogens (tertiary/aromatic N) is 2. The van der Waals surface area contributed by atoms with Crippen molar-refractivity contribution in [2.24, 2.45) is 5.10 Å². The summed E-state index contributed by atoms with van der Waals surface area (Å²) in [6.07, 6.45) is 2.04. The van der Waals surface area contributed by atoms with E-state index in [9.17, 15) is 14.4 Å². The molecular formula is C24H23N3O5S. The van der Waals surface area contributed by atoms with Crippen molar-refractivity contribution in [2.45, 2.75) is 26.3 Å². The Kier molecular flexibility index (Phi) is 6.69. The zero-order valence-corrected chi connectivity index (χ0v) is 19.1. The Hall–Kier alpha value is -3.72. The molecule has 3 aromatic rings. The van der Waals surface area contributed by atoms with Crippen molar-refractivity contribution in [1.29, 1.82) is 0 Å². The summed E-state index contributed by atoms with van der Waals surface area (Å²) >= 11 is 1.54. The number of esters is 1. The van der Waals surface area contributed by atoms with Crippen molar-refractivity contribution >= 4 is 34.8 Å². The summed E-state index contributed by atoms with van der Waals surface area (Å²) in [5.74, 6) is -0.969. The molecule has 2 amide bonds. The minimum Gasteiger partial charge on any atom is -0.467 e. The van der Waals surface area contributed by atoms with Gasteiger partial charge in [-0.05, 0) is 60.7 Å². The van der Waals surface area contributed by atoms with Gasteiger partial charge >= 0.3 is 5.97 Å². The minimum atomic E-state index is -0.711. The fourth-order valence-corrected chi connectivity index (χ4v) is 4.15. The number of aryl methyl sites for hydroxylation is 2. The summed E-state index contributed by atoms with van der Waals surface area (Å²) in [5.41, 5.74) is 3.28. The first-order valence-corrected chi connectivity index (χ1v) is 11.3. The molecule has 1 aromatic carbocycles. The number of rotatable bonds is 7. The van der Waals surface area contributed by atoms with Crippen LogP contribution in [0.25, 0.3) is 0 Å². The van der Waals surface area contributed by atoms with Crippen LogP contribution in [-0.2, 0) is 14.3 Å². The van der Waals surface area contributed by atoms with Crippen LogP contribution < -0.4 is 5.32 Å². The zero-order valence-electron chi connectivity index (χ0n) is 18.2. The molecule has 1 aliphatic heterocycles. The molecule has 4 rings (SSSR count). The van der Waals surface area contributed by atoms with Gasteiger partial charge in [-0.25, -0.2) is 5.01 Å². The highest BCUT2D eigenvalue weighted by molar-refractivity contribution is 7.12. The number of furan rings is 1. The third-order valence-electron chi connectivity index (χ3n) is 5.36. The first-order valence-electron chi connectivity index (χ1n) is 10.4. The highest BCUT2D eigenvalue weighted by Gasteiger charge is 2.35. The van der Waals surface area contributed by atoms with Gasteiger partial charge in [0, 0.05) is 12.0 Å². The molecule has 3 heterocycles. The smallest absolute Gasteiger partial charge is 0.325 e. The second-order valence-electron chi connectivity index (χ2n) is 7.64. The predicted molar refractivity (Wildman–Crippen MR) is 123 cm³/mol. The van der Waals surface area contributed by atoms with E-state index in [1.165, 1.54) is 16.3 Å². The number of ether oxygens (including phenoxy) is 1. The molecule has 0 radical (unpaired) electrons. The van der Waals surface area contributed by atoms with E-state index < -0.39 is 24.5 Å². The lowest BCUT2D eigenvalue weighted by molar-refractivity contribution is -0.152. The molecule has 0 saturated carbocycles. The fraction of sp³-hybridized carbons (Fsp3) is 0.250. The molecule has 8 nitrogen and oxygen atoms in total. The van der Waals surface area contributed by atoms with Crippen LogP contribution in [0.4, 0.5) is 0 Å². The van der Waals surface area contributed by atoms with E-state index in [-0.39, 0.29) is 12.5 Å². The SMILES string of the molecule is Cc1ccc(C(=O)NCC(=O)OCC(=O)N2N=C(c3cccs3)CC2c2ccco2)cc1C. The lowest BCUT2D eigenvalue weighted by atomic mass is 10.1. The van der Waals surface area contributed by atoms with Gasteiger partial charge in [-0.15, -0.1) is 11.3 Å². The number of benzene rings is 1. The average Bonchev–Trinajstić information content (AvgIpc) is 3.58. The van der Waals surface area contributed by atoms with Gasteiger partial charge in [-0.3, -0.25) is 14.4 Å². The van der Waals surface area contributed by atoms with Crippen molar-refractivity contribution in [3.8, 4) is 0 Å². The summed E-state index contributed by atoms with van der Waals surface area (Å²) in [7, 11) is 0.